The summed E-state index contributed by atoms with van der Waals surface area (Å²) in [5.74, 6) is -7.59. The van der Waals surface area contributed by atoms with Crippen LogP contribution in [0.1, 0.15) is 159 Å². The van der Waals surface area contributed by atoms with Crippen LogP contribution < -0.4 is 42.5 Å². The number of imide groups is 2. The summed E-state index contributed by atoms with van der Waals surface area (Å²) in [6, 6.07) is -0.738. The van der Waals surface area contributed by atoms with Gasteiger partial charge in [-0.25, -0.2) is 9.97 Å². The van der Waals surface area contributed by atoms with Crippen LogP contribution >= 0.6 is 0 Å². The Morgan fingerprint density at radius 2 is 1.45 bits per heavy atom. The number of carbonyl (C=O) groups excluding carboxylic acids is 12. The SMILES string of the molecule is CCC[C@H](NC(=O)[C@@H]1[C@H]2CCC[C@H]2CN1C(=O)[C@@H](NC(=O)[C@@H](NC(=O)c1cnc(C(=O)NCCOCCOCCNC(=O)CNc2cccc3c2C(=O)N(C2CCC(=O)NC2=O)C3=O)cn1)C1CCCCC1)C(C)(C)C)C(=O)C(=O)NC1CC1. The summed E-state index contributed by atoms with van der Waals surface area (Å²) < 4.78 is 11.1. The molecule has 2 saturated heterocycles. The molecule has 1 unspecified atom stereocenters. The lowest BCUT2D eigenvalue weighted by atomic mass is 9.82. The zero-order valence-electron chi connectivity index (χ0n) is 48.1. The van der Waals surface area contributed by atoms with Crippen LogP contribution in [0.25, 0.3) is 0 Å². The number of amides is 11. The predicted molar refractivity (Wildman–Crippen MR) is 299 cm³/mol. The van der Waals surface area contributed by atoms with Crippen LogP contribution in [0, 0.1) is 23.2 Å². The largest absolute Gasteiger partial charge is 0.377 e. The maximum Gasteiger partial charge on any atom is 0.289 e. The highest BCUT2D eigenvalue weighted by atomic mass is 16.5. The summed E-state index contributed by atoms with van der Waals surface area (Å²) in [6.07, 6.45) is 11.0. The lowest BCUT2D eigenvalue weighted by molar-refractivity contribution is -0.146. The van der Waals surface area contributed by atoms with E-state index in [0.29, 0.717) is 32.2 Å². The van der Waals surface area contributed by atoms with Gasteiger partial charge in [-0.05, 0) is 86.7 Å². The fourth-order valence-electron chi connectivity index (χ4n) is 11.8. The number of piperidine rings is 1. The van der Waals surface area contributed by atoms with Crippen molar-refractivity contribution < 1.29 is 67.0 Å². The molecule has 0 bridgehead atoms. The number of nitrogens with zero attached hydrogens (tertiary/aromatic N) is 4. The molecule has 8 rings (SSSR count). The number of anilines is 1. The number of carbonyl (C=O) groups is 12. The van der Waals surface area contributed by atoms with Crippen molar-refractivity contribution >= 4 is 76.4 Å². The Kier molecular flexibility index (Phi) is 20.9. The van der Waals surface area contributed by atoms with E-state index in [0.717, 1.165) is 62.2 Å². The fraction of sp³-hybridized carbons (Fsp3) is 0.621. The quantitative estimate of drug-likeness (QED) is 0.0349. The highest BCUT2D eigenvalue weighted by Gasteiger charge is 2.53. The van der Waals surface area contributed by atoms with E-state index in [1.54, 1.807) is 17.0 Å². The average Bonchev–Trinajstić information content (AvgIpc) is 2.92. The van der Waals surface area contributed by atoms with Crippen molar-refractivity contribution in [3.63, 3.8) is 0 Å². The van der Waals surface area contributed by atoms with Gasteiger partial charge in [-0.3, -0.25) is 67.8 Å². The van der Waals surface area contributed by atoms with Crippen LogP contribution in [0.5, 0.6) is 0 Å². The van der Waals surface area contributed by atoms with Crippen molar-refractivity contribution in [1.82, 2.24) is 57.0 Å². The minimum absolute atomic E-state index is 0.0102. The molecule has 5 fully saturated rings. The number of rotatable bonds is 27. The van der Waals surface area contributed by atoms with E-state index in [2.05, 4.69) is 52.5 Å². The average molecular weight is 1170 g/mol. The van der Waals surface area contributed by atoms with Crippen LogP contribution in [0.2, 0.25) is 0 Å². The van der Waals surface area contributed by atoms with E-state index >= 15 is 0 Å². The molecule has 3 saturated carbocycles. The van der Waals surface area contributed by atoms with Crippen LogP contribution in [-0.4, -0.2) is 179 Å². The third-order valence-corrected chi connectivity index (χ3v) is 16.4. The fourth-order valence-corrected chi connectivity index (χ4v) is 11.8. The van der Waals surface area contributed by atoms with Gasteiger partial charge in [-0.1, -0.05) is 65.9 Å². The molecule has 1 aromatic heterocycles. The Bertz CT molecular complexity index is 2850. The van der Waals surface area contributed by atoms with Crippen molar-refractivity contribution in [2.24, 2.45) is 23.2 Å². The van der Waals surface area contributed by atoms with Gasteiger partial charge in [0, 0.05) is 37.8 Å². The molecule has 26 heteroatoms. The number of likely N-dealkylation sites (tertiary alicyclic amines) is 1. The first-order valence-corrected chi connectivity index (χ1v) is 29.4. The van der Waals surface area contributed by atoms with Gasteiger partial charge in [0.25, 0.3) is 29.5 Å². The number of ether oxygens (including phenoxy) is 2. The molecule has 0 spiro atoms. The Balaban J connectivity index is 0.760. The van der Waals surface area contributed by atoms with Gasteiger partial charge in [-0.15, -0.1) is 0 Å². The molecule has 8 N–H and O–H groups in total. The second-order valence-corrected chi connectivity index (χ2v) is 23.6. The monoisotopic (exact) mass is 1170 g/mol. The molecular formula is C58H78N12O14. The van der Waals surface area contributed by atoms with Gasteiger partial charge in [0.15, 0.2) is 0 Å². The smallest absolute Gasteiger partial charge is 0.289 e. The molecule has 4 heterocycles. The van der Waals surface area contributed by atoms with Crippen LogP contribution in [0.15, 0.2) is 30.6 Å². The molecule has 3 aliphatic heterocycles. The first-order valence-electron chi connectivity index (χ1n) is 29.4. The molecule has 84 heavy (non-hydrogen) atoms. The number of hydrogen-bond acceptors (Lipinski definition) is 17. The van der Waals surface area contributed by atoms with Crippen LogP contribution in [0.4, 0.5) is 5.69 Å². The second-order valence-electron chi connectivity index (χ2n) is 23.6. The summed E-state index contributed by atoms with van der Waals surface area (Å²) >= 11 is 0. The van der Waals surface area contributed by atoms with Crippen molar-refractivity contribution in [2.45, 2.75) is 154 Å². The van der Waals surface area contributed by atoms with Gasteiger partial charge in [0.2, 0.25) is 41.2 Å². The Hall–Kier alpha value is -7.74. The first-order chi connectivity index (χ1) is 40.2. The third kappa shape index (κ3) is 15.3. The number of benzene rings is 1. The number of ketones is 1. The molecule has 7 atom stereocenters. The van der Waals surface area contributed by atoms with Crippen molar-refractivity contribution in [1.29, 1.82) is 0 Å². The van der Waals surface area contributed by atoms with Crippen LogP contribution in [0.3, 0.4) is 0 Å². The summed E-state index contributed by atoms with van der Waals surface area (Å²) in [5, 5.41) is 21.8. The molecule has 0 radical (unpaired) electrons. The zero-order valence-corrected chi connectivity index (χ0v) is 48.1. The first kappa shape index (κ1) is 62.3. The minimum atomic E-state index is -1.12. The van der Waals surface area contributed by atoms with E-state index in [-0.39, 0.29) is 117 Å². The second kappa shape index (κ2) is 28.2. The molecule has 11 amide bonds. The summed E-state index contributed by atoms with van der Waals surface area (Å²) in [6.45, 7) is 8.27. The molecule has 1 aromatic carbocycles. The van der Waals surface area contributed by atoms with Crippen LogP contribution in [-0.2, 0) is 47.8 Å². The molecule has 26 nitrogen and oxygen atoms in total. The minimum Gasteiger partial charge on any atom is -0.377 e. The molecule has 454 valence electrons. The van der Waals surface area contributed by atoms with E-state index in [9.17, 15) is 57.5 Å². The number of Topliss-reactive ketones (excluding diaryl/α,β-unsaturated/α-hetero) is 1. The topological polar surface area (TPSA) is 352 Å². The van der Waals surface area contributed by atoms with E-state index in [1.165, 1.54) is 6.07 Å². The summed E-state index contributed by atoms with van der Waals surface area (Å²) in [5.41, 5.74) is -0.701. The highest BCUT2D eigenvalue weighted by molar-refractivity contribution is 6.38. The number of aromatic nitrogens is 2. The zero-order chi connectivity index (χ0) is 60.2. The van der Waals surface area contributed by atoms with Gasteiger partial charge >= 0.3 is 0 Å². The third-order valence-electron chi connectivity index (χ3n) is 16.4. The highest BCUT2D eigenvalue weighted by Crippen LogP contribution is 2.43. The number of fused-ring (bicyclic) bond motifs is 2. The number of nitrogens with one attached hydrogen (secondary N) is 8. The molecule has 6 aliphatic rings. The van der Waals surface area contributed by atoms with Crippen molar-refractivity contribution in [3.05, 3.63) is 53.1 Å². The van der Waals surface area contributed by atoms with Gasteiger partial charge in [-0.2, -0.15) is 0 Å². The molecule has 2 aromatic rings. The normalized spacial score (nSPS) is 21.5. The van der Waals surface area contributed by atoms with E-state index in [4.69, 9.17) is 9.47 Å². The Morgan fingerprint density at radius 1 is 0.762 bits per heavy atom. The summed E-state index contributed by atoms with van der Waals surface area (Å²) in [4.78, 5) is 170. The Morgan fingerprint density at radius 3 is 2.11 bits per heavy atom. The summed E-state index contributed by atoms with van der Waals surface area (Å²) in [7, 11) is 0. The predicted octanol–water partition coefficient (Wildman–Crippen LogP) is 0.838. The number of hydrogen-bond donors (Lipinski definition) is 8. The molecular weight excluding hydrogens is 1090 g/mol. The Labute approximate surface area is 486 Å². The van der Waals surface area contributed by atoms with Crippen molar-refractivity contribution in [2.75, 3.05) is 57.9 Å². The maximum atomic E-state index is 14.9. The standard InChI is InChI=1S/C58H78N12O14/c1-5-11-38(47(73)54(79)64-34-18-19-34)65-53(78)46-35-15-9-14-33(35)31-69(46)57(82)48(58(2,3)4)68-52(77)45(32-12-7-6-8-13-32)67-50(75)40-29-61-39(28-62-40)49(74)60-23-25-84-27-26-83-24-22-59-43(72)30-63-37-17-10-16-36-44(37)56(81)70(55(36)80)41-20-21-42(71)66-51(41)76/h10,16-17,28-29,32-35,38,41,45-46,48,63H,5-9,11-15,18-27,30-31H2,1-4H3,(H,59,72)(H,60,74)(H,64,79)(H,65,78)(H,67,75)(H,68,77)(H,66,71,76)/t33-,35-,38-,41?,45-,46-,48+/m0/s1. The lowest BCUT2D eigenvalue weighted by Crippen LogP contribution is -2.62. The van der Waals surface area contributed by atoms with E-state index < -0.39 is 106 Å². The maximum absolute atomic E-state index is 14.9. The van der Waals surface area contributed by atoms with Gasteiger partial charge in [0.1, 0.15) is 35.6 Å². The van der Waals surface area contributed by atoms with Gasteiger partial charge in [0.05, 0.1) is 62.5 Å². The van der Waals surface area contributed by atoms with Gasteiger partial charge < -0.3 is 51.6 Å². The van der Waals surface area contributed by atoms with E-state index in [1.807, 2.05) is 27.7 Å². The lowest BCUT2D eigenvalue weighted by Gasteiger charge is -2.38. The van der Waals surface area contributed by atoms with Crippen molar-refractivity contribution in [3.8, 4) is 0 Å². The molecule has 3 aliphatic carbocycles.